The van der Waals surface area contributed by atoms with Crippen LogP contribution in [0.3, 0.4) is 0 Å². The van der Waals surface area contributed by atoms with Crippen molar-refractivity contribution in [3.63, 3.8) is 0 Å². The van der Waals surface area contributed by atoms with Crippen molar-refractivity contribution in [2.45, 2.75) is 6.73 Å². The van der Waals surface area contributed by atoms with Gasteiger partial charge in [-0.15, -0.1) is 5.10 Å². The van der Waals surface area contributed by atoms with Gasteiger partial charge in [0.15, 0.2) is 12.5 Å². The summed E-state index contributed by atoms with van der Waals surface area (Å²) in [4.78, 5) is 22.8. The van der Waals surface area contributed by atoms with Gasteiger partial charge in [-0.05, 0) is 24.3 Å². The van der Waals surface area contributed by atoms with Gasteiger partial charge in [0.25, 0.3) is 5.56 Å². The quantitative estimate of drug-likeness (QED) is 0.518. The highest BCUT2D eigenvalue weighted by Gasteiger charge is 2.17. The zero-order valence-electron chi connectivity index (χ0n) is 12.6. The van der Waals surface area contributed by atoms with Gasteiger partial charge >= 0.3 is 5.69 Å². The van der Waals surface area contributed by atoms with Crippen molar-refractivity contribution in [2.75, 3.05) is 7.11 Å². The van der Waals surface area contributed by atoms with E-state index in [1.807, 2.05) is 0 Å². The largest absolute Gasteiger partial charge is 0.496 e. The molecule has 0 amide bonds. The lowest BCUT2D eigenvalue weighted by Crippen LogP contribution is -2.26. The zero-order valence-corrected chi connectivity index (χ0v) is 12.6. The highest BCUT2D eigenvalue weighted by molar-refractivity contribution is 5.76. The fourth-order valence-corrected chi connectivity index (χ4v) is 2.13. The molecule has 0 aliphatic heterocycles. The lowest BCUT2D eigenvalue weighted by atomic mass is 10.2. The van der Waals surface area contributed by atoms with Crippen LogP contribution in [0.4, 0.5) is 5.69 Å². The van der Waals surface area contributed by atoms with Gasteiger partial charge in [0, 0.05) is 0 Å². The van der Waals surface area contributed by atoms with E-state index >= 15 is 0 Å². The Morgan fingerprint density at radius 3 is 2.79 bits per heavy atom. The second kappa shape index (κ2) is 6.32. The SMILES string of the molecule is COc1ccc(OCn2nnc3ccccc3c2=O)c([N+](=O)[O-])c1. The van der Waals surface area contributed by atoms with Gasteiger partial charge in [-0.1, -0.05) is 17.3 Å². The summed E-state index contributed by atoms with van der Waals surface area (Å²) >= 11 is 0. The van der Waals surface area contributed by atoms with E-state index in [-0.39, 0.29) is 18.2 Å². The van der Waals surface area contributed by atoms with Crippen molar-refractivity contribution in [3.05, 3.63) is 62.9 Å². The molecule has 24 heavy (non-hydrogen) atoms. The first kappa shape index (κ1) is 15.4. The summed E-state index contributed by atoms with van der Waals surface area (Å²) in [7, 11) is 1.41. The van der Waals surface area contributed by atoms with Crippen LogP contribution in [0.2, 0.25) is 0 Å². The monoisotopic (exact) mass is 328 g/mol. The molecule has 0 radical (unpaired) electrons. The summed E-state index contributed by atoms with van der Waals surface area (Å²) in [6.07, 6.45) is 0. The minimum atomic E-state index is -0.591. The van der Waals surface area contributed by atoms with Crippen molar-refractivity contribution in [1.29, 1.82) is 0 Å². The van der Waals surface area contributed by atoms with Crippen LogP contribution in [-0.2, 0) is 6.73 Å². The van der Waals surface area contributed by atoms with Crippen molar-refractivity contribution in [1.82, 2.24) is 15.0 Å². The molecule has 1 aromatic heterocycles. The van der Waals surface area contributed by atoms with E-state index in [4.69, 9.17) is 9.47 Å². The number of hydrogen-bond donors (Lipinski definition) is 0. The van der Waals surface area contributed by atoms with Crippen molar-refractivity contribution in [3.8, 4) is 11.5 Å². The van der Waals surface area contributed by atoms with Gasteiger partial charge in [0.05, 0.1) is 23.5 Å². The van der Waals surface area contributed by atoms with Gasteiger partial charge in [0.2, 0.25) is 0 Å². The summed E-state index contributed by atoms with van der Waals surface area (Å²) in [5, 5.41) is 19.2. The van der Waals surface area contributed by atoms with Crippen molar-refractivity contribution >= 4 is 16.6 Å². The smallest absolute Gasteiger partial charge is 0.314 e. The van der Waals surface area contributed by atoms with E-state index in [0.29, 0.717) is 16.7 Å². The molecule has 3 aromatic rings. The Labute approximate surface area is 135 Å². The molecule has 0 spiro atoms. The Morgan fingerprint density at radius 1 is 1.25 bits per heavy atom. The molecule has 0 unspecified atom stereocenters. The summed E-state index contributed by atoms with van der Waals surface area (Å²) in [6, 6.07) is 10.9. The van der Waals surface area contributed by atoms with E-state index in [2.05, 4.69) is 10.3 Å². The topological polar surface area (TPSA) is 109 Å². The number of nitrogens with zero attached hydrogens (tertiary/aromatic N) is 4. The van der Waals surface area contributed by atoms with E-state index in [1.165, 1.54) is 25.3 Å². The molecule has 122 valence electrons. The number of methoxy groups -OCH3 is 1. The Balaban J connectivity index is 1.90. The number of nitro groups is 1. The molecule has 0 bridgehead atoms. The Bertz CT molecular complexity index is 969. The average Bonchev–Trinajstić information content (AvgIpc) is 2.61. The first-order valence-corrected chi connectivity index (χ1v) is 6.88. The minimum Gasteiger partial charge on any atom is -0.496 e. The number of rotatable bonds is 5. The van der Waals surface area contributed by atoms with Gasteiger partial charge in [-0.25, -0.2) is 0 Å². The maximum atomic E-state index is 12.3. The first-order chi connectivity index (χ1) is 11.6. The number of aromatic nitrogens is 3. The number of nitro benzene ring substituents is 1. The molecule has 9 nitrogen and oxygen atoms in total. The third-order valence-corrected chi connectivity index (χ3v) is 3.33. The molecule has 0 aliphatic rings. The summed E-state index contributed by atoms with van der Waals surface area (Å²) < 4.78 is 11.3. The van der Waals surface area contributed by atoms with Gasteiger partial charge in [0.1, 0.15) is 11.3 Å². The molecule has 0 saturated heterocycles. The highest BCUT2D eigenvalue weighted by Crippen LogP contribution is 2.31. The number of hydrogen-bond acceptors (Lipinski definition) is 7. The maximum Gasteiger partial charge on any atom is 0.314 e. The zero-order chi connectivity index (χ0) is 17.1. The lowest BCUT2D eigenvalue weighted by molar-refractivity contribution is -0.386. The third-order valence-electron chi connectivity index (χ3n) is 3.33. The molecule has 9 heteroatoms. The second-order valence-electron chi connectivity index (χ2n) is 4.78. The Morgan fingerprint density at radius 2 is 2.04 bits per heavy atom. The van der Waals surface area contributed by atoms with Crippen LogP contribution in [0.5, 0.6) is 11.5 Å². The molecular weight excluding hydrogens is 316 g/mol. The lowest BCUT2D eigenvalue weighted by Gasteiger charge is -2.09. The van der Waals surface area contributed by atoms with Crippen LogP contribution in [0.15, 0.2) is 47.3 Å². The van der Waals surface area contributed by atoms with Crippen LogP contribution < -0.4 is 15.0 Å². The Hall–Kier alpha value is -3.49. The molecule has 2 aromatic carbocycles. The summed E-state index contributed by atoms with van der Waals surface area (Å²) in [6.45, 7) is -0.302. The maximum absolute atomic E-state index is 12.3. The van der Waals surface area contributed by atoms with Crippen LogP contribution in [-0.4, -0.2) is 27.0 Å². The molecule has 0 fully saturated rings. The van der Waals surface area contributed by atoms with E-state index in [0.717, 1.165) is 4.68 Å². The van der Waals surface area contributed by atoms with Gasteiger partial charge in [-0.3, -0.25) is 14.9 Å². The molecule has 0 aliphatic carbocycles. The standard InChI is InChI=1S/C15H12N4O5/c1-23-10-6-7-14(13(8-10)19(21)22)24-9-18-15(20)11-4-2-3-5-12(11)16-17-18/h2-8H,9H2,1H3. The van der Waals surface area contributed by atoms with Crippen LogP contribution in [0.1, 0.15) is 0 Å². The molecular formula is C15H12N4O5. The predicted octanol–water partition coefficient (Wildman–Crippen LogP) is 1.74. The number of ether oxygens (including phenoxy) is 2. The van der Waals surface area contributed by atoms with Gasteiger partial charge in [-0.2, -0.15) is 4.68 Å². The van der Waals surface area contributed by atoms with E-state index in [1.54, 1.807) is 24.3 Å². The first-order valence-electron chi connectivity index (χ1n) is 6.88. The van der Waals surface area contributed by atoms with Crippen LogP contribution in [0, 0.1) is 10.1 Å². The van der Waals surface area contributed by atoms with Gasteiger partial charge < -0.3 is 9.47 Å². The third kappa shape index (κ3) is 2.86. The normalized spacial score (nSPS) is 10.5. The molecule has 0 atom stereocenters. The fraction of sp³-hybridized carbons (Fsp3) is 0.133. The average molecular weight is 328 g/mol. The molecule has 3 rings (SSSR count). The van der Waals surface area contributed by atoms with E-state index in [9.17, 15) is 14.9 Å². The number of fused-ring (bicyclic) bond motifs is 1. The molecule has 1 heterocycles. The Kier molecular flexibility index (Phi) is 4.06. The van der Waals surface area contributed by atoms with Crippen LogP contribution in [0.25, 0.3) is 10.9 Å². The fourth-order valence-electron chi connectivity index (χ4n) is 2.13. The van der Waals surface area contributed by atoms with E-state index < -0.39 is 10.5 Å². The van der Waals surface area contributed by atoms with Crippen molar-refractivity contribution < 1.29 is 14.4 Å². The number of benzene rings is 2. The van der Waals surface area contributed by atoms with Crippen LogP contribution >= 0.6 is 0 Å². The molecule has 0 saturated carbocycles. The minimum absolute atomic E-state index is 0.00246. The summed E-state index contributed by atoms with van der Waals surface area (Å²) in [5.41, 5.74) is -0.193. The highest BCUT2D eigenvalue weighted by atomic mass is 16.6. The van der Waals surface area contributed by atoms with Crippen molar-refractivity contribution in [2.24, 2.45) is 0 Å². The second-order valence-corrected chi connectivity index (χ2v) is 4.78. The summed E-state index contributed by atoms with van der Waals surface area (Å²) in [5.74, 6) is 0.333. The molecule has 0 N–H and O–H groups in total. The predicted molar refractivity (Wildman–Crippen MR) is 84.1 cm³/mol.